The molecular formula is C17H17N3. The van der Waals surface area contributed by atoms with Crippen LogP contribution in [0.4, 0.5) is 11.4 Å². The van der Waals surface area contributed by atoms with Gasteiger partial charge in [0, 0.05) is 34.4 Å². The van der Waals surface area contributed by atoms with E-state index < -0.39 is 0 Å². The van der Waals surface area contributed by atoms with Gasteiger partial charge in [-0.3, -0.25) is 4.98 Å². The van der Waals surface area contributed by atoms with Crippen molar-refractivity contribution in [3.05, 3.63) is 65.4 Å². The van der Waals surface area contributed by atoms with Crippen LogP contribution in [0.1, 0.15) is 16.8 Å². The van der Waals surface area contributed by atoms with Gasteiger partial charge in [0.25, 0.3) is 0 Å². The first-order valence-electron chi connectivity index (χ1n) is 6.63. The number of hydrogen-bond donors (Lipinski definition) is 2. The van der Waals surface area contributed by atoms with Gasteiger partial charge in [-0.25, -0.2) is 0 Å². The molecule has 0 aliphatic rings. The predicted octanol–water partition coefficient (Wildman–Crippen LogP) is 3.30. The molecule has 1 heterocycles. The molecule has 20 heavy (non-hydrogen) atoms. The lowest BCUT2D eigenvalue weighted by molar-refractivity contribution is 1.11. The van der Waals surface area contributed by atoms with Gasteiger partial charge in [0.05, 0.1) is 5.52 Å². The van der Waals surface area contributed by atoms with E-state index in [1.807, 2.05) is 43.3 Å². The Morgan fingerprint density at radius 2 is 1.75 bits per heavy atom. The van der Waals surface area contributed by atoms with Gasteiger partial charge < -0.3 is 11.5 Å². The molecule has 0 unspecified atom stereocenters. The molecule has 0 radical (unpaired) electrons. The standard InChI is InChI=1S/C17H17N3/c1-11-14(9-12-5-3-2-4-6-12)17(19)15-10-13(18)7-8-16(15)20-11/h2-8,10H,9,18H2,1H3,(H2,19,20). The summed E-state index contributed by atoms with van der Waals surface area (Å²) in [6, 6.07) is 15.9. The summed E-state index contributed by atoms with van der Waals surface area (Å²) in [5, 5.41) is 0.932. The normalized spacial score (nSPS) is 10.8. The Balaban J connectivity index is 2.15. The average molecular weight is 263 g/mol. The van der Waals surface area contributed by atoms with Gasteiger partial charge in [0.15, 0.2) is 0 Å². The van der Waals surface area contributed by atoms with Crippen LogP contribution in [-0.2, 0) is 6.42 Å². The van der Waals surface area contributed by atoms with Crippen molar-refractivity contribution in [2.75, 3.05) is 11.5 Å². The molecule has 0 fully saturated rings. The van der Waals surface area contributed by atoms with E-state index in [2.05, 4.69) is 17.1 Å². The Morgan fingerprint density at radius 3 is 2.50 bits per heavy atom. The van der Waals surface area contributed by atoms with Crippen LogP contribution in [-0.4, -0.2) is 4.98 Å². The van der Waals surface area contributed by atoms with Gasteiger partial charge in [-0.15, -0.1) is 0 Å². The number of nitrogens with two attached hydrogens (primary N) is 2. The number of nitrogens with zero attached hydrogens (tertiary/aromatic N) is 1. The number of fused-ring (bicyclic) bond motifs is 1. The predicted molar refractivity (Wildman–Crippen MR) is 84.6 cm³/mol. The number of hydrogen-bond acceptors (Lipinski definition) is 3. The van der Waals surface area contributed by atoms with Crippen LogP contribution >= 0.6 is 0 Å². The maximum Gasteiger partial charge on any atom is 0.0727 e. The Kier molecular flexibility index (Phi) is 3.03. The monoisotopic (exact) mass is 263 g/mol. The van der Waals surface area contributed by atoms with E-state index in [-0.39, 0.29) is 0 Å². The molecule has 3 aromatic rings. The second-order valence-electron chi connectivity index (χ2n) is 5.03. The maximum absolute atomic E-state index is 6.34. The van der Waals surface area contributed by atoms with Crippen LogP contribution in [0.2, 0.25) is 0 Å². The van der Waals surface area contributed by atoms with Crippen molar-refractivity contribution >= 4 is 22.3 Å². The van der Waals surface area contributed by atoms with Crippen LogP contribution < -0.4 is 11.5 Å². The van der Waals surface area contributed by atoms with Gasteiger partial charge in [-0.1, -0.05) is 30.3 Å². The van der Waals surface area contributed by atoms with Crippen molar-refractivity contribution in [1.29, 1.82) is 0 Å². The summed E-state index contributed by atoms with van der Waals surface area (Å²) in [6.45, 7) is 2.00. The van der Waals surface area contributed by atoms with Gasteiger partial charge >= 0.3 is 0 Å². The topological polar surface area (TPSA) is 64.9 Å². The summed E-state index contributed by atoms with van der Waals surface area (Å²) in [7, 11) is 0. The van der Waals surface area contributed by atoms with E-state index >= 15 is 0 Å². The highest BCUT2D eigenvalue weighted by molar-refractivity contribution is 5.94. The van der Waals surface area contributed by atoms with E-state index in [0.29, 0.717) is 5.69 Å². The summed E-state index contributed by atoms with van der Waals surface area (Å²) in [5.41, 5.74) is 17.9. The minimum absolute atomic E-state index is 0.709. The Bertz CT molecular complexity index is 764. The minimum Gasteiger partial charge on any atom is -0.399 e. The lowest BCUT2D eigenvalue weighted by atomic mass is 9.99. The fourth-order valence-corrected chi connectivity index (χ4v) is 2.50. The first kappa shape index (κ1) is 12.5. The number of aryl methyl sites for hydroxylation is 1. The number of nitrogen functional groups attached to an aromatic ring is 2. The van der Waals surface area contributed by atoms with E-state index in [1.165, 1.54) is 5.56 Å². The van der Waals surface area contributed by atoms with E-state index in [4.69, 9.17) is 11.5 Å². The summed E-state index contributed by atoms with van der Waals surface area (Å²) >= 11 is 0. The number of anilines is 2. The van der Waals surface area contributed by atoms with E-state index in [9.17, 15) is 0 Å². The molecular weight excluding hydrogens is 246 g/mol. The minimum atomic E-state index is 0.709. The lowest BCUT2D eigenvalue weighted by Gasteiger charge is -2.12. The first-order chi connectivity index (χ1) is 9.65. The number of benzene rings is 2. The molecule has 0 aliphatic heterocycles. The molecule has 2 aromatic carbocycles. The van der Waals surface area contributed by atoms with Crippen LogP contribution in [0.15, 0.2) is 48.5 Å². The van der Waals surface area contributed by atoms with Crippen molar-refractivity contribution in [2.45, 2.75) is 13.3 Å². The molecule has 0 atom stereocenters. The highest BCUT2D eigenvalue weighted by Gasteiger charge is 2.11. The third kappa shape index (κ3) is 2.18. The zero-order valence-electron chi connectivity index (χ0n) is 11.4. The quantitative estimate of drug-likeness (QED) is 0.697. The van der Waals surface area contributed by atoms with Crippen molar-refractivity contribution < 1.29 is 0 Å². The van der Waals surface area contributed by atoms with Gasteiger partial charge in [0.1, 0.15) is 0 Å². The molecule has 3 rings (SSSR count). The second-order valence-corrected chi connectivity index (χ2v) is 5.03. The number of aromatic nitrogens is 1. The Labute approximate surface area is 118 Å². The third-order valence-corrected chi connectivity index (χ3v) is 3.58. The van der Waals surface area contributed by atoms with Crippen LogP contribution in [0.3, 0.4) is 0 Å². The molecule has 3 nitrogen and oxygen atoms in total. The van der Waals surface area contributed by atoms with Gasteiger partial charge in [0.2, 0.25) is 0 Å². The number of pyridine rings is 1. The Hall–Kier alpha value is -2.55. The number of rotatable bonds is 2. The fraction of sp³-hybridized carbons (Fsp3) is 0.118. The van der Waals surface area contributed by atoms with Gasteiger partial charge in [-0.05, 0) is 30.7 Å². The molecule has 1 aromatic heterocycles. The zero-order valence-corrected chi connectivity index (χ0v) is 11.4. The SMILES string of the molecule is Cc1nc2ccc(N)cc2c(N)c1Cc1ccccc1. The largest absolute Gasteiger partial charge is 0.399 e. The van der Waals surface area contributed by atoms with Crippen LogP contribution in [0, 0.1) is 6.92 Å². The van der Waals surface area contributed by atoms with Gasteiger partial charge in [-0.2, -0.15) is 0 Å². The fourth-order valence-electron chi connectivity index (χ4n) is 2.50. The lowest BCUT2D eigenvalue weighted by Crippen LogP contribution is -2.03. The summed E-state index contributed by atoms with van der Waals surface area (Å²) in [5.74, 6) is 0. The van der Waals surface area contributed by atoms with Crippen LogP contribution in [0.25, 0.3) is 10.9 Å². The molecule has 0 aliphatic carbocycles. The third-order valence-electron chi connectivity index (χ3n) is 3.58. The highest BCUT2D eigenvalue weighted by Crippen LogP contribution is 2.29. The molecule has 0 bridgehead atoms. The Morgan fingerprint density at radius 1 is 1.00 bits per heavy atom. The van der Waals surface area contributed by atoms with Crippen molar-refractivity contribution in [1.82, 2.24) is 4.98 Å². The van der Waals surface area contributed by atoms with Crippen molar-refractivity contribution in [3.8, 4) is 0 Å². The maximum atomic E-state index is 6.34. The molecule has 100 valence electrons. The molecule has 3 heteroatoms. The van der Waals surface area contributed by atoms with Crippen molar-refractivity contribution in [2.24, 2.45) is 0 Å². The smallest absolute Gasteiger partial charge is 0.0727 e. The van der Waals surface area contributed by atoms with E-state index in [0.717, 1.165) is 34.3 Å². The second kappa shape index (κ2) is 4.85. The molecule has 0 amide bonds. The van der Waals surface area contributed by atoms with Crippen molar-refractivity contribution in [3.63, 3.8) is 0 Å². The zero-order chi connectivity index (χ0) is 14.1. The average Bonchev–Trinajstić information content (AvgIpc) is 2.46. The molecule has 0 saturated heterocycles. The molecule has 0 spiro atoms. The summed E-state index contributed by atoms with van der Waals surface area (Å²) in [6.07, 6.45) is 0.788. The van der Waals surface area contributed by atoms with Crippen LogP contribution in [0.5, 0.6) is 0 Å². The summed E-state index contributed by atoms with van der Waals surface area (Å²) in [4.78, 5) is 4.64. The van der Waals surface area contributed by atoms with E-state index in [1.54, 1.807) is 0 Å². The summed E-state index contributed by atoms with van der Waals surface area (Å²) < 4.78 is 0. The first-order valence-corrected chi connectivity index (χ1v) is 6.63. The highest BCUT2D eigenvalue weighted by atomic mass is 14.7. The molecule has 0 saturated carbocycles. The molecule has 4 N–H and O–H groups in total.